The summed E-state index contributed by atoms with van der Waals surface area (Å²) in [7, 11) is 0. The zero-order valence-corrected chi connectivity index (χ0v) is 11.3. The lowest BCUT2D eigenvalue weighted by atomic mass is 9.98. The minimum absolute atomic E-state index is 0.852. The van der Waals surface area contributed by atoms with Gasteiger partial charge in [-0.1, -0.05) is 17.3 Å². The first kappa shape index (κ1) is 12.9. The average molecular weight is 246 g/mol. The van der Waals surface area contributed by atoms with Crippen LogP contribution in [-0.4, -0.2) is 24.0 Å². The van der Waals surface area contributed by atoms with E-state index in [9.17, 15) is 5.21 Å². The van der Waals surface area contributed by atoms with Crippen LogP contribution in [0.5, 0.6) is 0 Å². The number of benzene rings is 1. The van der Waals surface area contributed by atoms with E-state index in [-0.39, 0.29) is 0 Å². The van der Waals surface area contributed by atoms with Gasteiger partial charge in [-0.2, -0.15) is 0 Å². The first-order valence-corrected chi connectivity index (χ1v) is 6.90. The Balaban J connectivity index is 2.55. The Labute approximate surface area is 109 Å². The monoisotopic (exact) mass is 246 g/mol. The van der Waals surface area contributed by atoms with Crippen molar-refractivity contribution in [2.75, 3.05) is 18.0 Å². The average Bonchev–Trinajstić information content (AvgIpc) is 2.62. The van der Waals surface area contributed by atoms with E-state index >= 15 is 0 Å². The van der Waals surface area contributed by atoms with E-state index in [1.165, 1.54) is 23.2 Å². The predicted molar refractivity (Wildman–Crippen MR) is 75.9 cm³/mol. The van der Waals surface area contributed by atoms with Gasteiger partial charge in [0.25, 0.3) is 0 Å². The molecule has 1 N–H and O–H groups in total. The molecule has 0 fully saturated rings. The standard InChI is InChI=1S/C15H22N2O/c1-3-17(4-2)14-11-7-9-12-8-5-6-10-13(16-18)15(12)14/h7,9,11,18H,3-6,8,10H2,1-2H3/b16-13+. The number of aryl methyl sites for hydroxylation is 1. The maximum Gasteiger partial charge on any atom is 0.0891 e. The van der Waals surface area contributed by atoms with Crippen LogP contribution in [0, 0.1) is 0 Å². The highest BCUT2D eigenvalue weighted by Gasteiger charge is 2.20. The summed E-state index contributed by atoms with van der Waals surface area (Å²) < 4.78 is 0. The summed E-state index contributed by atoms with van der Waals surface area (Å²) in [5, 5.41) is 12.8. The van der Waals surface area contributed by atoms with Crippen molar-refractivity contribution in [3.8, 4) is 0 Å². The second kappa shape index (κ2) is 5.89. The molecule has 0 aromatic heterocycles. The highest BCUT2D eigenvalue weighted by molar-refractivity contribution is 6.06. The summed E-state index contributed by atoms with van der Waals surface area (Å²) in [5.41, 5.74) is 4.56. The van der Waals surface area contributed by atoms with E-state index < -0.39 is 0 Å². The number of anilines is 1. The summed E-state index contributed by atoms with van der Waals surface area (Å²) in [4.78, 5) is 2.33. The first-order chi connectivity index (χ1) is 8.81. The largest absolute Gasteiger partial charge is 0.411 e. The van der Waals surface area contributed by atoms with Crippen molar-refractivity contribution in [3.63, 3.8) is 0 Å². The van der Waals surface area contributed by atoms with Crippen LogP contribution in [-0.2, 0) is 6.42 Å². The minimum atomic E-state index is 0.852. The fourth-order valence-electron chi connectivity index (χ4n) is 2.79. The molecule has 3 heteroatoms. The molecular formula is C15H22N2O. The summed E-state index contributed by atoms with van der Waals surface area (Å²) in [6.07, 6.45) is 4.24. The van der Waals surface area contributed by atoms with Gasteiger partial charge in [0.1, 0.15) is 0 Å². The molecule has 1 aromatic rings. The second-order valence-electron chi connectivity index (χ2n) is 4.74. The van der Waals surface area contributed by atoms with Crippen LogP contribution in [0.2, 0.25) is 0 Å². The maximum absolute atomic E-state index is 9.28. The van der Waals surface area contributed by atoms with Gasteiger partial charge in [-0.15, -0.1) is 0 Å². The van der Waals surface area contributed by atoms with Gasteiger partial charge in [0, 0.05) is 24.3 Å². The van der Waals surface area contributed by atoms with Crippen LogP contribution < -0.4 is 4.90 Å². The van der Waals surface area contributed by atoms with E-state index in [1.807, 2.05) is 0 Å². The predicted octanol–water partition coefficient (Wildman–Crippen LogP) is 3.44. The number of hydrogen-bond donors (Lipinski definition) is 1. The molecule has 18 heavy (non-hydrogen) atoms. The van der Waals surface area contributed by atoms with Crippen LogP contribution >= 0.6 is 0 Å². The molecule has 0 atom stereocenters. The van der Waals surface area contributed by atoms with Crippen LogP contribution in [0.25, 0.3) is 0 Å². The van der Waals surface area contributed by atoms with Gasteiger partial charge >= 0.3 is 0 Å². The molecule has 2 rings (SSSR count). The number of oxime groups is 1. The van der Waals surface area contributed by atoms with E-state index in [0.29, 0.717) is 0 Å². The van der Waals surface area contributed by atoms with Crippen molar-refractivity contribution in [3.05, 3.63) is 29.3 Å². The molecule has 1 aliphatic rings. The Hall–Kier alpha value is -1.51. The Morgan fingerprint density at radius 1 is 1.17 bits per heavy atom. The number of nitrogens with zero attached hydrogens (tertiary/aromatic N) is 2. The van der Waals surface area contributed by atoms with Crippen molar-refractivity contribution in [1.82, 2.24) is 0 Å². The lowest BCUT2D eigenvalue weighted by Crippen LogP contribution is -2.24. The van der Waals surface area contributed by atoms with Crippen LogP contribution in [0.1, 0.15) is 44.2 Å². The van der Waals surface area contributed by atoms with Crippen LogP contribution in [0.4, 0.5) is 5.69 Å². The molecule has 1 aliphatic carbocycles. The molecule has 0 saturated carbocycles. The lowest BCUT2D eigenvalue weighted by Gasteiger charge is -2.25. The quantitative estimate of drug-likeness (QED) is 0.504. The fraction of sp³-hybridized carbons (Fsp3) is 0.533. The fourth-order valence-corrected chi connectivity index (χ4v) is 2.79. The third kappa shape index (κ3) is 2.35. The molecular weight excluding hydrogens is 224 g/mol. The summed E-state index contributed by atoms with van der Waals surface area (Å²) in [6, 6.07) is 6.42. The van der Waals surface area contributed by atoms with E-state index in [0.717, 1.165) is 38.1 Å². The highest BCUT2D eigenvalue weighted by Crippen LogP contribution is 2.30. The number of rotatable bonds is 3. The molecule has 0 amide bonds. The van der Waals surface area contributed by atoms with Crippen LogP contribution in [0.3, 0.4) is 0 Å². The van der Waals surface area contributed by atoms with Crippen molar-refractivity contribution < 1.29 is 5.21 Å². The van der Waals surface area contributed by atoms with Gasteiger partial charge in [-0.05, 0) is 51.2 Å². The summed E-state index contributed by atoms with van der Waals surface area (Å²) in [5.74, 6) is 0. The van der Waals surface area contributed by atoms with Crippen molar-refractivity contribution >= 4 is 11.4 Å². The first-order valence-electron chi connectivity index (χ1n) is 6.90. The molecule has 3 nitrogen and oxygen atoms in total. The molecule has 0 saturated heterocycles. The van der Waals surface area contributed by atoms with Crippen LogP contribution in [0.15, 0.2) is 23.4 Å². The normalized spacial score (nSPS) is 17.3. The Morgan fingerprint density at radius 3 is 2.56 bits per heavy atom. The molecule has 0 spiro atoms. The minimum Gasteiger partial charge on any atom is -0.411 e. The van der Waals surface area contributed by atoms with Crippen molar-refractivity contribution in [2.24, 2.45) is 5.16 Å². The van der Waals surface area contributed by atoms with Gasteiger partial charge in [0.15, 0.2) is 0 Å². The lowest BCUT2D eigenvalue weighted by molar-refractivity contribution is 0.318. The maximum atomic E-state index is 9.28. The molecule has 0 radical (unpaired) electrons. The van der Waals surface area contributed by atoms with E-state index in [1.54, 1.807) is 0 Å². The van der Waals surface area contributed by atoms with Crippen molar-refractivity contribution in [2.45, 2.75) is 39.5 Å². The van der Waals surface area contributed by atoms with Crippen molar-refractivity contribution in [1.29, 1.82) is 0 Å². The second-order valence-corrected chi connectivity index (χ2v) is 4.74. The third-order valence-corrected chi connectivity index (χ3v) is 3.75. The summed E-state index contributed by atoms with van der Waals surface area (Å²) in [6.45, 7) is 6.28. The summed E-state index contributed by atoms with van der Waals surface area (Å²) >= 11 is 0. The Kier molecular flexibility index (Phi) is 4.24. The Bertz CT molecular complexity index is 436. The smallest absolute Gasteiger partial charge is 0.0891 e. The topological polar surface area (TPSA) is 35.8 Å². The van der Waals surface area contributed by atoms with Gasteiger partial charge in [0.2, 0.25) is 0 Å². The highest BCUT2D eigenvalue weighted by atomic mass is 16.4. The molecule has 98 valence electrons. The van der Waals surface area contributed by atoms with Gasteiger partial charge in [-0.3, -0.25) is 0 Å². The zero-order valence-electron chi connectivity index (χ0n) is 11.3. The van der Waals surface area contributed by atoms with Gasteiger partial charge in [-0.25, -0.2) is 0 Å². The molecule has 1 aromatic carbocycles. The zero-order chi connectivity index (χ0) is 13.0. The molecule has 0 bridgehead atoms. The number of fused-ring (bicyclic) bond motifs is 1. The third-order valence-electron chi connectivity index (χ3n) is 3.75. The van der Waals surface area contributed by atoms with E-state index in [2.05, 4.69) is 42.1 Å². The van der Waals surface area contributed by atoms with Gasteiger partial charge < -0.3 is 10.1 Å². The molecule has 0 unspecified atom stereocenters. The number of hydrogen-bond acceptors (Lipinski definition) is 3. The molecule has 0 aliphatic heterocycles. The van der Waals surface area contributed by atoms with E-state index in [4.69, 9.17) is 0 Å². The SMILES string of the molecule is CCN(CC)c1cccc2c1/C(=N/O)CCCC2. The molecule has 0 heterocycles. The Morgan fingerprint density at radius 2 is 1.89 bits per heavy atom. The van der Waals surface area contributed by atoms with Gasteiger partial charge in [0.05, 0.1) is 5.71 Å².